The highest BCUT2D eigenvalue weighted by atomic mass is 28.4. The highest BCUT2D eigenvalue weighted by Gasteiger charge is 2.21. The van der Waals surface area contributed by atoms with E-state index in [0.29, 0.717) is 13.6 Å². The van der Waals surface area contributed by atoms with E-state index in [1.165, 1.54) is 0 Å². The molecule has 0 radical (unpaired) electrons. The molecule has 4 nitrogen and oxygen atoms in total. The summed E-state index contributed by atoms with van der Waals surface area (Å²) in [4.78, 5) is 0. The van der Waals surface area contributed by atoms with Crippen LogP contribution in [0.3, 0.4) is 0 Å². The molecular weight excluding hydrogens is 188 g/mol. The van der Waals surface area contributed by atoms with E-state index < -0.39 is 8.32 Å². The molecule has 0 amide bonds. The van der Waals surface area contributed by atoms with Crippen LogP contribution in [0.4, 0.5) is 0 Å². The van der Waals surface area contributed by atoms with E-state index >= 15 is 0 Å². The van der Waals surface area contributed by atoms with E-state index in [1.807, 2.05) is 0 Å². The summed E-state index contributed by atoms with van der Waals surface area (Å²) in [7, 11) is -1.51. The molecule has 1 aliphatic heterocycles. The maximum Gasteiger partial charge on any atom is 0.189 e. The van der Waals surface area contributed by atoms with Crippen LogP contribution in [0.1, 0.15) is 6.42 Å². The maximum absolute atomic E-state index is 5.64. The van der Waals surface area contributed by atoms with Gasteiger partial charge in [0.1, 0.15) is 13.6 Å². The first-order chi connectivity index (χ1) is 6.21. The second kappa shape index (κ2) is 5.72. The van der Waals surface area contributed by atoms with Crippen LogP contribution in [0.25, 0.3) is 0 Å². The van der Waals surface area contributed by atoms with Gasteiger partial charge in [-0.2, -0.15) is 0 Å². The Morgan fingerprint density at radius 3 is 2.46 bits per heavy atom. The molecule has 1 fully saturated rings. The molecule has 0 spiro atoms. The first-order valence-electron chi connectivity index (χ1n) is 4.58. The van der Waals surface area contributed by atoms with Gasteiger partial charge in [0.05, 0.1) is 0 Å². The minimum atomic E-state index is -1.51. The molecule has 5 heteroatoms. The first-order valence-corrected chi connectivity index (χ1v) is 7.69. The van der Waals surface area contributed by atoms with Crippen molar-refractivity contribution in [3.05, 3.63) is 0 Å². The van der Waals surface area contributed by atoms with Gasteiger partial charge in [-0.3, -0.25) is 0 Å². The molecule has 0 aromatic carbocycles. The molecule has 1 aliphatic rings. The lowest BCUT2D eigenvalue weighted by molar-refractivity contribution is -0.152. The fraction of sp³-hybridized carbons (Fsp3) is 1.00. The van der Waals surface area contributed by atoms with E-state index in [1.54, 1.807) is 0 Å². The van der Waals surface area contributed by atoms with Crippen molar-refractivity contribution < 1.29 is 18.6 Å². The van der Waals surface area contributed by atoms with Crippen molar-refractivity contribution in [3.63, 3.8) is 0 Å². The average Bonchev–Trinajstić information content (AvgIpc) is 2.10. The summed E-state index contributed by atoms with van der Waals surface area (Å²) < 4.78 is 21.0. The van der Waals surface area contributed by atoms with Gasteiger partial charge in [0, 0.05) is 6.61 Å². The molecule has 78 valence electrons. The van der Waals surface area contributed by atoms with Gasteiger partial charge >= 0.3 is 0 Å². The molecule has 0 N–H and O–H groups in total. The lowest BCUT2D eigenvalue weighted by Crippen LogP contribution is -2.31. The summed E-state index contributed by atoms with van der Waals surface area (Å²) in [5.74, 6) is 0. The molecule has 1 saturated heterocycles. The van der Waals surface area contributed by atoms with Gasteiger partial charge in [0.15, 0.2) is 15.1 Å². The molecule has 0 bridgehead atoms. The smallest absolute Gasteiger partial charge is 0.189 e. The predicted octanol–water partition coefficient (Wildman–Crippen LogP) is 1.53. The van der Waals surface area contributed by atoms with Crippen LogP contribution in [0, 0.1) is 0 Å². The van der Waals surface area contributed by atoms with E-state index in [2.05, 4.69) is 13.1 Å². The highest BCUT2D eigenvalue weighted by Crippen LogP contribution is 2.14. The molecule has 1 heterocycles. The van der Waals surface area contributed by atoms with Gasteiger partial charge in [0.2, 0.25) is 0 Å². The molecule has 0 saturated carbocycles. The van der Waals surface area contributed by atoms with Crippen LogP contribution in [0.2, 0.25) is 19.1 Å². The fourth-order valence-corrected chi connectivity index (χ4v) is 2.66. The molecule has 0 aliphatic carbocycles. The van der Waals surface area contributed by atoms with E-state index in [-0.39, 0.29) is 6.79 Å². The van der Waals surface area contributed by atoms with Gasteiger partial charge in [-0.15, -0.1) is 0 Å². The Kier molecular flexibility index (Phi) is 4.90. The Morgan fingerprint density at radius 2 is 1.62 bits per heavy atom. The number of rotatable bonds is 0. The van der Waals surface area contributed by atoms with Gasteiger partial charge in [-0.25, -0.2) is 0 Å². The van der Waals surface area contributed by atoms with Crippen molar-refractivity contribution in [3.8, 4) is 0 Å². The van der Waals surface area contributed by atoms with Crippen LogP contribution < -0.4 is 0 Å². The van der Waals surface area contributed by atoms with E-state index in [0.717, 1.165) is 19.1 Å². The van der Waals surface area contributed by atoms with Gasteiger partial charge in [-0.1, -0.05) is 0 Å². The Balaban J connectivity index is 2.27. The Hall–Kier alpha value is 0.0569. The van der Waals surface area contributed by atoms with Gasteiger partial charge in [-0.05, 0) is 25.6 Å². The lowest BCUT2D eigenvalue weighted by Gasteiger charge is -2.21. The number of hydrogen-bond donors (Lipinski definition) is 0. The largest absolute Gasteiger partial charge is 0.395 e. The zero-order chi connectivity index (χ0) is 9.57. The third kappa shape index (κ3) is 5.38. The number of ether oxygens (including phenoxy) is 3. The Morgan fingerprint density at radius 1 is 0.923 bits per heavy atom. The Labute approximate surface area is 80.2 Å². The molecule has 0 atom stereocenters. The summed E-state index contributed by atoms with van der Waals surface area (Å²) in [6.07, 6.45) is 1.04. The molecule has 13 heavy (non-hydrogen) atoms. The lowest BCUT2D eigenvalue weighted by atomic mass is 10.5. The van der Waals surface area contributed by atoms with Crippen LogP contribution in [0.5, 0.6) is 0 Å². The van der Waals surface area contributed by atoms with E-state index in [9.17, 15) is 0 Å². The second-order valence-corrected chi connectivity index (χ2v) is 7.99. The van der Waals surface area contributed by atoms with Crippen LogP contribution in [-0.4, -0.2) is 35.3 Å². The third-order valence-electron chi connectivity index (χ3n) is 1.93. The summed E-state index contributed by atoms with van der Waals surface area (Å²) >= 11 is 0. The maximum atomic E-state index is 5.64. The normalized spacial score (nSPS) is 26.3. The minimum Gasteiger partial charge on any atom is -0.395 e. The fourth-order valence-electron chi connectivity index (χ4n) is 1.12. The standard InChI is InChI=1S/C8H18O4Si/c1-13(2)5-3-4-9-6-10-7-11-8-12-13/h3-8H2,1-2H3. The van der Waals surface area contributed by atoms with Crippen molar-refractivity contribution >= 4 is 8.32 Å². The topological polar surface area (TPSA) is 36.9 Å². The summed E-state index contributed by atoms with van der Waals surface area (Å²) in [6.45, 7) is 6.05. The Bertz CT molecular complexity index is 126. The molecule has 0 aromatic heterocycles. The summed E-state index contributed by atoms with van der Waals surface area (Å²) in [5, 5.41) is 0. The van der Waals surface area contributed by atoms with Crippen molar-refractivity contribution in [2.75, 3.05) is 27.0 Å². The quantitative estimate of drug-likeness (QED) is 0.563. The van der Waals surface area contributed by atoms with E-state index in [4.69, 9.17) is 18.6 Å². The SMILES string of the molecule is C[Si]1(C)CCCOCOCOCO1. The minimum absolute atomic E-state index is 0.254. The molecule has 0 aromatic rings. The van der Waals surface area contributed by atoms with Crippen LogP contribution in [-0.2, 0) is 18.6 Å². The highest BCUT2D eigenvalue weighted by molar-refractivity contribution is 6.71. The van der Waals surface area contributed by atoms with Crippen molar-refractivity contribution in [1.29, 1.82) is 0 Å². The molecule has 0 unspecified atom stereocenters. The molecule has 1 rings (SSSR count). The average molecular weight is 206 g/mol. The van der Waals surface area contributed by atoms with Gasteiger partial charge < -0.3 is 18.6 Å². The third-order valence-corrected chi connectivity index (χ3v) is 4.39. The predicted molar refractivity (Wildman–Crippen MR) is 50.7 cm³/mol. The zero-order valence-electron chi connectivity index (χ0n) is 8.38. The van der Waals surface area contributed by atoms with Crippen LogP contribution >= 0.6 is 0 Å². The van der Waals surface area contributed by atoms with Crippen molar-refractivity contribution in [1.82, 2.24) is 0 Å². The van der Waals surface area contributed by atoms with Crippen LogP contribution in [0.15, 0.2) is 0 Å². The van der Waals surface area contributed by atoms with Crippen molar-refractivity contribution in [2.24, 2.45) is 0 Å². The summed E-state index contributed by atoms with van der Waals surface area (Å²) in [6, 6.07) is 1.11. The van der Waals surface area contributed by atoms with Crippen molar-refractivity contribution in [2.45, 2.75) is 25.6 Å². The zero-order valence-corrected chi connectivity index (χ0v) is 9.38. The second-order valence-electron chi connectivity index (χ2n) is 3.68. The number of hydrogen-bond acceptors (Lipinski definition) is 4. The van der Waals surface area contributed by atoms with Gasteiger partial charge in [0.25, 0.3) is 0 Å². The summed E-state index contributed by atoms with van der Waals surface area (Å²) in [5.41, 5.74) is 0. The first kappa shape index (κ1) is 11.1. The molecular formula is C8H18O4Si. The monoisotopic (exact) mass is 206 g/mol.